The van der Waals surface area contributed by atoms with Crippen LogP contribution < -0.4 is 4.74 Å². The summed E-state index contributed by atoms with van der Waals surface area (Å²) in [6, 6.07) is 20.9. The number of imidazole rings is 1. The van der Waals surface area contributed by atoms with Crippen molar-refractivity contribution in [2.45, 2.75) is 19.4 Å². The third-order valence-electron chi connectivity index (χ3n) is 4.41. The Morgan fingerprint density at radius 2 is 1.69 bits per heavy atom. The van der Waals surface area contributed by atoms with E-state index in [9.17, 15) is 0 Å². The van der Waals surface area contributed by atoms with E-state index in [2.05, 4.69) is 63.1 Å². The van der Waals surface area contributed by atoms with Gasteiger partial charge in [-0.25, -0.2) is 4.98 Å². The van der Waals surface area contributed by atoms with Gasteiger partial charge in [-0.05, 0) is 42.2 Å². The highest BCUT2D eigenvalue weighted by Crippen LogP contribution is 2.16. The highest BCUT2D eigenvalue weighted by Gasteiger charge is 2.02. The molecule has 0 aliphatic heterocycles. The van der Waals surface area contributed by atoms with Crippen molar-refractivity contribution in [3.63, 3.8) is 0 Å². The minimum Gasteiger partial charge on any atom is -0.494 e. The Morgan fingerprint density at radius 1 is 0.885 bits per heavy atom. The van der Waals surface area contributed by atoms with Crippen LogP contribution in [0.15, 0.2) is 79.4 Å². The molecule has 130 valence electrons. The molecule has 0 aliphatic rings. The summed E-state index contributed by atoms with van der Waals surface area (Å²) in [5.74, 6) is 0.918. The minimum absolute atomic E-state index is 0.683. The van der Waals surface area contributed by atoms with Gasteiger partial charge in [-0.15, -0.1) is 0 Å². The summed E-state index contributed by atoms with van der Waals surface area (Å²) in [5, 5.41) is 0. The molecule has 0 saturated carbocycles. The number of pyridine rings is 1. The average Bonchev–Trinajstić information content (AvgIpc) is 3.11. The zero-order chi connectivity index (χ0) is 17.6. The summed E-state index contributed by atoms with van der Waals surface area (Å²) >= 11 is 0. The van der Waals surface area contributed by atoms with Crippen LogP contribution in [0.3, 0.4) is 0 Å². The molecule has 0 aliphatic carbocycles. The van der Waals surface area contributed by atoms with Crippen molar-refractivity contribution < 1.29 is 4.74 Å². The van der Waals surface area contributed by atoms with Crippen LogP contribution in [0.5, 0.6) is 5.75 Å². The summed E-state index contributed by atoms with van der Waals surface area (Å²) < 4.78 is 8.02. The topological polar surface area (TPSA) is 39.9 Å². The van der Waals surface area contributed by atoms with Crippen molar-refractivity contribution in [2.75, 3.05) is 6.61 Å². The van der Waals surface area contributed by atoms with E-state index in [0.29, 0.717) is 6.61 Å². The second-order valence-electron chi connectivity index (χ2n) is 6.31. The number of benzene rings is 2. The van der Waals surface area contributed by atoms with Crippen LogP contribution in [0.25, 0.3) is 11.0 Å². The lowest BCUT2D eigenvalue weighted by Gasteiger charge is -2.08. The van der Waals surface area contributed by atoms with Crippen molar-refractivity contribution in [1.29, 1.82) is 0 Å². The second kappa shape index (κ2) is 7.83. The van der Waals surface area contributed by atoms with E-state index in [1.165, 1.54) is 11.1 Å². The van der Waals surface area contributed by atoms with Crippen LogP contribution in [-0.2, 0) is 13.0 Å². The van der Waals surface area contributed by atoms with Crippen LogP contribution in [0.1, 0.15) is 17.5 Å². The third-order valence-corrected chi connectivity index (χ3v) is 4.41. The molecule has 4 aromatic rings. The second-order valence-corrected chi connectivity index (χ2v) is 6.31. The Balaban J connectivity index is 1.27. The summed E-state index contributed by atoms with van der Waals surface area (Å²) in [6.45, 7) is 1.56. The van der Waals surface area contributed by atoms with Crippen LogP contribution >= 0.6 is 0 Å². The summed E-state index contributed by atoms with van der Waals surface area (Å²) in [7, 11) is 0. The molecule has 0 amide bonds. The molecule has 0 unspecified atom stereocenters. The third kappa shape index (κ3) is 3.91. The van der Waals surface area contributed by atoms with Gasteiger partial charge in [0.05, 0.1) is 24.6 Å². The molecule has 4 nitrogen and oxygen atoms in total. The van der Waals surface area contributed by atoms with Gasteiger partial charge >= 0.3 is 0 Å². The molecule has 0 N–H and O–H groups in total. The first-order valence-corrected chi connectivity index (χ1v) is 8.89. The predicted molar refractivity (Wildman–Crippen MR) is 103 cm³/mol. The maximum atomic E-state index is 5.88. The van der Waals surface area contributed by atoms with E-state index >= 15 is 0 Å². The van der Waals surface area contributed by atoms with E-state index < -0.39 is 0 Å². The molecule has 2 heterocycles. The maximum absolute atomic E-state index is 5.88. The lowest BCUT2D eigenvalue weighted by molar-refractivity contribution is 0.302. The Labute approximate surface area is 153 Å². The number of nitrogens with zero attached hydrogens (tertiary/aromatic N) is 3. The average molecular weight is 343 g/mol. The molecule has 26 heavy (non-hydrogen) atoms. The highest BCUT2D eigenvalue weighted by atomic mass is 16.5. The summed E-state index contributed by atoms with van der Waals surface area (Å²) in [5.41, 5.74) is 4.67. The monoisotopic (exact) mass is 343 g/mol. The molecule has 4 heteroatoms. The van der Waals surface area contributed by atoms with Crippen LogP contribution in [0, 0.1) is 0 Å². The van der Waals surface area contributed by atoms with Gasteiger partial charge in [0.15, 0.2) is 0 Å². The van der Waals surface area contributed by atoms with Gasteiger partial charge in [0, 0.05) is 12.7 Å². The van der Waals surface area contributed by atoms with Crippen LogP contribution in [0.4, 0.5) is 0 Å². The fourth-order valence-electron chi connectivity index (χ4n) is 3.05. The van der Waals surface area contributed by atoms with E-state index in [1.807, 2.05) is 18.5 Å². The first-order chi connectivity index (χ1) is 12.9. The lowest BCUT2D eigenvalue weighted by Crippen LogP contribution is -2.03. The van der Waals surface area contributed by atoms with Crippen LogP contribution in [0.2, 0.25) is 0 Å². The smallest absolute Gasteiger partial charge is 0.119 e. The molecular weight excluding hydrogens is 322 g/mol. The number of hydrogen-bond donors (Lipinski definition) is 0. The van der Waals surface area contributed by atoms with Gasteiger partial charge < -0.3 is 9.30 Å². The number of rotatable bonds is 7. The SMILES string of the molecule is c1ccc(Cc2ccc(OCCCn3cnc4cnccc43)cc2)cc1. The van der Waals surface area contributed by atoms with E-state index in [0.717, 1.165) is 36.2 Å². The van der Waals surface area contributed by atoms with Gasteiger partial charge in [0.1, 0.15) is 11.3 Å². The summed E-state index contributed by atoms with van der Waals surface area (Å²) in [6.07, 6.45) is 7.33. The van der Waals surface area contributed by atoms with Crippen molar-refractivity contribution in [3.05, 3.63) is 90.5 Å². The first kappa shape index (κ1) is 16.3. The number of fused-ring (bicyclic) bond motifs is 1. The van der Waals surface area contributed by atoms with Crippen molar-refractivity contribution in [3.8, 4) is 5.75 Å². The van der Waals surface area contributed by atoms with Crippen LogP contribution in [-0.4, -0.2) is 21.1 Å². The highest BCUT2D eigenvalue weighted by molar-refractivity contribution is 5.73. The van der Waals surface area contributed by atoms with Gasteiger partial charge in [0.25, 0.3) is 0 Å². The molecule has 0 spiro atoms. The standard InChI is InChI=1S/C22H21N3O/c1-2-5-18(6-3-1)15-19-7-9-20(10-8-19)26-14-4-13-25-17-24-21-16-23-12-11-22(21)25/h1-3,5-12,16-17H,4,13-15H2. The van der Waals surface area contributed by atoms with Crippen molar-refractivity contribution in [2.24, 2.45) is 0 Å². The molecule has 2 aromatic heterocycles. The van der Waals surface area contributed by atoms with E-state index in [-0.39, 0.29) is 0 Å². The first-order valence-electron chi connectivity index (χ1n) is 8.89. The fraction of sp³-hybridized carbons (Fsp3) is 0.182. The molecule has 2 aromatic carbocycles. The predicted octanol–water partition coefficient (Wildman–Crippen LogP) is 4.49. The Hall–Kier alpha value is -3.14. The van der Waals surface area contributed by atoms with Crippen molar-refractivity contribution in [1.82, 2.24) is 14.5 Å². The molecule has 0 bridgehead atoms. The molecular formula is C22H21N3O. The largest absolute Gasteiger partial charge is 0.494 e. The Bertz CT molecular complexity index is 962. The maximum Gasteiger partial charge on any atom is 0.119 e. The molecule has 0 radical (unpaired) electrons. The van der Waals surface area contributed by atoms with Gasteiger partial charge in [-0.3, -0.25) is 4.98 Å². The molecule has 0 saturated heterocycles. The van der Waals surface area contributed by atoms with E-state index in [4.69, 9.17) is 4.74 Å². The number of aromatic nitrogens is 3. The van der Waals surface area contributed by atoms with Crippen molar-refractivity contribution >= 4 is 11.0 Å². The number of ether oxygens (including phenoxy) is 1. The van der Waals surface area contributed by atoms with Gasteiger partial charge in [-0.2, -0.15) is 0 Å². The Morgan fingerprint density at radius 3 is 2.54 bits per heavy atom. The quantitative estimate of drug-likeness (QED) is 0.464. The Kier molecular flexibility index (Phi) is 4.92. The normalized spacial score (nSPS) is 10.9. The fourth-order valence-corrected chi connectivity index (χ4v) is 3.05. The number of hydrogen-bond acceptors (Lipinski definition) is 3. The molecule has 0 fully saturated rings. The van der Waals surface area contributed by atoms with Gasteiger partial charge in [-0.1, -0.05) is 42.5 Å². The van der Waals surface area contributed by atoms with E-state index in [1.54, 1.807) is 12.4 Å². The molecule has 4 rings (SSSR count). The lowest BCUT2D eigenvalue weighted by atomic mass is 10.1. The zero-order valence-electron chi connectivity index (χ0n) is 14.6. The summed E-state index contributed by atoms with van der Waals surface area (Å²) in [4.78, 5) is 8.45. The molecule has 0 atom stereocenters. The zero-order valence-corrected chi connectivity index (χ0v) is 14.6. The number of aryl methyl sites for hydroxylation is 1. The minimum atomic E-state index is 0.683. The van der Waals surface area contributed by atoms with Gasteiger partial charge in [0.2, 0.25) is 0 Å².